The third-order valence-corrected chi connectivity index (χ3v) is 2.16. The molecule has 0 heterocycles. The minimum atomic E-state index is -0.0719. The number of benzene rings is 1. The van der Waals surface area contributed by atoms with Crippen molar-refractivity contribution in [2.45, 2.75) is 39.5 Å². The van der Waals surface area contributed by atoms with Crippen molar-refractivity contribution in [2.24, 2.45) is 0 Å². The molecule has 1 rings (SSSR count). The van der Waals surface area contributed by atoms with Gasteiger partial charge in [-0.3, -0.25) is 0 Å². The predicted octanol–water partition coefficient (Wildman–Crippen LogP) is 3.06. The van der Waals surface area contributed by atoms with E-state index in [9.17, 15) is 0 Å². The molecule has 0 aliphatic carbocycles. The van der Waals surface area contributed by atoms with E-state index < -0.39 is 0 Å². The van der Waals surface area contributed by atoms with Crippen LogP contribution in [0.15, 0.2) is 24.3 Å². The van der Waals surface area contributed by atoms with Gasteiger partial charge in [-0.05, 0) is 46.0 Å². The zero-order valence-electron chi connectivity index (χ0n) is 11.1. The lowest BCUT2D eigenvalue weighted by Gasteiger charge is -2.20. The lowest BCUT2D eigenvalue weighted by Crippen LogP contribution is -2.18. The maximum absolute atomic E-state index is 5.76. The fraction of sp³-hybridized carbons (Fsp3) is 0.571. The molecule has 0 amide bonds. The molecule has 0 atom stereocenters. The highest BCUT2D eigenvalue weighted by atomic mass is 16.5. The quantitative estimate of drug-likeness (QED) is 0.774. The number of hydrogen-bond acceptors (Lipinski definition) is 2. The minimum Gasteiger partial charge on any atom is -0.371 e. The fourth-order valence-electron chi connectivity index (χ4n) is 1.48. The van der Waals surface area contributed by atoms with Crippen molar-refractivity contribution < 1.29 is 4.74 Å². The molecule has 2 heteroatoms. The van der Waals surface area contributed by atoms with Crippen LogP contribution in [0.4, 0.5) is 0 Å². The van der Waals surface area contributed by atoms with Crippen LogP contribution in [0.25, 0.3) is 0 Å². The number of rotatable bonds is 4. The molecule has 0 radical (unpaired) electrons. The first kappa shape index (κ1) is 13.2. The normalized spacial score (nSPS) is 12.1. The predicted molar refractivity (Wildman–Crippen MR) is 68.4 cm³/mol. The first-order valence-electron chi connectivity index (χ1n) is 5.73. The highest BCUT2D eigenvalue weighted by Gasteiger charge is 2.10. The summed E-state index contributed by atoms with van der Waals surface area (Å²) in [6.07, 6.45) is 0. The van der Waals surface area contributed by atoms with Gasteiger partial charge < -0.3 is 9.64 Å². The van der Waals surface area contributed by atoms with E-state index in [0.717, 1.165) is 6.54 Å². The number of nitrogens with zero attached hydrogens (tertiary/aromatic N) is 1. The van der Waals surface area contributed by atoms with Crippen LogP contribution in [-0.4, -0.2) is 24.6 Å². The Balaban J connectivity index is 2.60. The molecule has 0 unspecified atom stereocenters. The van der Waals surface area contributed by atoms with Crippen LogP contribution in [0.5, 0.6) is 0 Å². The molecule has 2 nitrogen and oxygen atoms in total. The van der Waals surface area contributed by atoms with Crippen molar-refractivity contribution in [2.75, 3.05) is 14.1 Å². The third kappa shape index (κ3) is 5.29. The molecular formula is C14H23NO. The smallest absolute Gasteiger partial charge is 0.0724 e. The molecule has 1 aromatic rings. The van der Waals surface area contributed by atoms with Gasteiger partial charge in [0, 0.05) is 6.54 Å². The van der Waals surface area contributed by atoms with Crippen LogP contribution in [0.2, 0.25) is 0 Å². The molecule has 0 aromatic heterocycles. The Bertz CT molecular complexity index is 326. The molecule has 0 saturated heterocycles. The number of ether oxygens (including phenoxy) is 1. The van der Waals surface area contributed by atoms with Crippen molar-refractivity contribution >= 4 is 0 Å². The first-order chi connectivity index (χ1) is 7.37. The van der Waals surface area contributed by atoms with Gasteiger partial charge in [-0.25, -0.2) is 0 Å². The maximum atomic E-state index is 5.76. The lowest BCUT2D eigenvalue weighted by molar-refractivity contribution is -0.0149. The van der Waals surface area contributed by atoms with Crippen LogP contribution < -0.4 is 0 Å². The summed E-state index contributed by atoms with van der Waals surface area (Å²) in [5.74, 6) is 0. The fourth-order valence-corrected chi connectivity index (χ4v) is 1.48. The molecule has 0 bridgehead atoms. The molecule has 0 spiro atoms. The molecule has 0 N–H and O–H groups in total. The summed E-state index contributed by atoms with van der Waals surface area (Å²) in [6.45, 7) is 7.90. The summed E-state index contributed by atoms with van der Waals surface area (Å²) in [6, 6.07) is 8.58. The van der Waals surface area contributed by atoms with Crippen molar-refractivity contribution in [3.05, 3.63) is 35.4 Å². The second-order valence-electron chi connectivity index (χ2n) is 5.46. The van der Waals surface area contributed by atoms with Crippen LogP contribution in [0.3, 0.4) is 0 Å². The summed E-state index contributed by atoms with van der Waals surface area (Å²) in [7, 11) is 4.16. The molecular weight excluding hydrogens is 198 g/mol. The van der Waals surface area contributed by atoms with E-state index >= 15 is 0 Å². The van der Waals surface area contributed by atoms with Gasteiger partial charge in [0.2, 0.25) is 0 Å². The molecule has 0 aliphatic heterocycles. The topological polar surface area (TPSA) is 12.5 Å². The highest BCUT2D eigenvalue weighted by molar-refractivity contribution is 5.22. The molecule has 0 fully saturated rings. The largest absolute Gasteiger partial charge is 0.371 e. The van der Waals surface area contributed by atoms with Crippen molar-refractivity contribution in [1.29, 1.82) is 0 Å². The van der Waals surface area contributed by atoms with Crippen molar-refractivity contribution in [3.8, 4) is 0 Å². The monoisotopic (exact) mass is 221 g/mol. The van der Waals surface area contributed by atoms with E-state index in [-0.39, 0.29) is 5.60 Å². The zero-order valence-corrected chi connectivity index (χ0v) is 11.1. The van der Waals surface area contributed by atoms with Gasteiger partial charge in [0.15, 0.2) is 0 Å². The SMILES string of the molecule is CN(C)Cc1cccc(COC(C)(C)C)c1. The van der Waals surface area contributed by atoms with E-state index in [4.69, 9.17) is 4.74 Å². The average Bonchev–Trinajstić information content (AvgIpc) is 2.13. The van der Waals surface area contributed by atoms with Crippen LogP contribution in [0, 0.1) is 0 Å². The zero-order chi connectivity index (χ0) is 12.2. The second kappa shape index (κ2) is 5.46. The van der Waals surface area contributed by atoms with Crippen molar-refractivity contribution in [1.82, 2.24) is 4.90 Å². The highest BCUT2D eigenvalue weighted by Crippen LogP contribution is 2.13. The summed E-state index contributed by atoms with van der Waals surface area (Å²) >= 11 is 0. The third-order valence-electron chi connectivity index (χ3n) is 2.16. The van der Waals surface area contributed by atoms with Gasteiger partial charge >= 0.3 is 0 Å². The molecule has 0 saturated carbocycles. The molecule has 90 valence electrons. The van der Waals surface area contributed by atoms with E-state index in [2.05, 4.69) is 64.0 Å². The number of hydrogen-bond donors (Lipinski definition) is 0. The summed E-state index contributed by atoms with van der Waals surface area (Å²) in [5, 5.41) is 0. The first-order valence-corrected chi connectivity index (χ1v) is 5.73. The lowest BCUT2D eigenvalue weighted by atomic mass is 10.1. The van der Waals surface area contributed by atoms with Gasteiger partial charge in [0.1, 0.15) is 0 Å². The van der Waals surface area contributed by atoms with Crippen molar-refractivity contribution in [3.63, 3.8) is 0 Å². The molecule has 16 heavy (non-hydrogen) atoms. The Morgan fingerprint density at radius 2 is 1.75 bits per heavy atom. The summed E-state index contributed by atoms with van der Waals surface area (Å²) in [4.78, 5) is 2.17. The standard InChI is InChI=1S/C14H23NO/c1-14(2,3)16-11-13-8-6-7-12(9-13)10-15(4)5/h6-9H,10-11H2,1-5H3. The van der Waals surface area contributed by atoms with Gasteiger partial charge in [-0.1, -0.05) is 24.3 Å². The van der Waals surface area contributed by atoms with E-state index in [1.165, 1.54) is 11.1 Å². The van der Waals surface area contributed by atoms with E-state index in [1.807, 2.05) is 0 Å². The Labute approximate surface area is 99.2 Å². The van der Waals surface area contributed by atoms with Gasteiger partial charge in [0.05, 0.1) is 12.2 Å². The van der Waals surface area contributed by atoms with Crippen LogP contribution in [0.1, 0.15) is 31.9 Å². The van der Waals surface area contributed by atoms with Crippen LogP contribution >= 0.6 is 0 Å². The Morgan fingerprint density at radius 3 is 2.31 bits per heavy atom. The van der Waals surface area contributed by atoms with E-state index in [1.54, 1.807) is 0 Å². The average molecular weight is 221 g/mol. The Hall–Kier alpha value is -0.860. The second-order valence-corrected chi connectivity index (χ2v) is 5.46. The molecule has 0 aliphatic rings. The summed E-state index contributed by atoms with van der Waals surface area (Å²) in [5.41, 5.74) is 2.51. The Morgan fingerprint density at radius 1 is 1.12 bits per heavy atom. The van der Waals surface area contributed by atoms with Crippen LogP contribution in [-0.2, 0) is 17.9 Å². The van der Waals surface area contributed by atoms with Gasteiger partial charge in [-0.2, -0.15) is 0 Å². The van der Waals surface area contributed by atoms with Gasteiger partial charge in [-0.15, -0.1) is 0 Å². The van der Waals surface area contributed by atoms with Gasteiger partial charge in [0.25, 0.3) is 0 Å². The Kier molecular flexibility index (Phi) is 4.51. The minimum absolute atomic E-state index is 0.0719. The van der Waals surface area contributed by atoms with E-state index in [0.29, 0.717) is 6.61 Å². The summed E-state index contributed by atoms with van der Waals surface area (Å²) < 4.78 is 5.76. The molecule has 1 aromatic carbocycles. The maximum Gasteiger partial charge on any atom is 0.0724 e.